The number of hydrogen-bond donors (Lipinski definition) is 1. The fourth-order valence-electron chi connectivity index (χ4n) is 2.03. The molecule has 2 aromatic rings. The smallest absolute Gasteiger partial charge is 0.246 e. The number of para-hydroxylation sites is 1. The van der Waals surface area contributed by atoms with Crippen LogP contribution in [0.25, 0.3) is 0 Å². The Balaban J connectivity index is 2.37. The van der Waals surface area contributed by atoms with Crippen LogP contribution in [0.5, 0.6) is 0 Å². The molecule has 6 heteroatoms. The van der Waals surface area contributed by atoms with E-state index in [1.54, 1.807) is 31.2 Å². The van der Waals surface area contributed by atoms with E-state index in [0.29, 0.717) is 11.3 Å². The summed E-state index contributed by atoms with van der Waals surface area (Å²) < 4.78 is 40.1. The quantitative estimate of drug-likeness (QED) is 0.864. The van der Waals surface area contributed by atoms with E-state index in [2.05, 4.69) is 0 Å². The molecule has 0 saturated heterocycles. The van der Waals surface area contributed by atoms with E-state index in [4.69, 9.17) is 5.73 Å². The van der Waals surface area contributed by atoms with Gasteiger partial charge in [-0.05, 0) is 23.8 Å². The zero-order valence-electron chi connectivity index (χ0n) is 11.7. The van der Waals surface area contributed by atoms with Crippen molar-refractivity contribution in [3.8, 4) is 0 Å². The number of nitrogens with two attached hydrogens (primary N) is 1. The first kappa shape index (κ1) is 15.5. The van der Waals surface area contributed by atoms with Crippen LogP contribution in [0.3, 0.4) is 0 Å². The number of nitrogen functional groups attached to an aromatic ring is 1. The van der Waals surface area contributed by atoms with Crippen molar-refractivity contribution in [2.75, 3.05) is 12.3 Å². The molecule has 0 unspecified atom stereocenters. The first-order valence-corrected chi connectivity index (χ1v) is 7.99. The highest BCUT2D eigenvalue weighted by atomic mass is 32.2. The molecule has 0 aliphatic carbocycles. The van der Waals surface area contributed by atoms with Crippen LogP contribution in [0.4, 0.5) is 10.1 Å². The largest absolute Gasteiger partial charge is 0.398 e. The van der Waals surface area contributed by atoms with Gasteiger partial charge in [0.2, 0.25) is 10.0 Å². The molecule has 0 saturated carbocycles. The monoisotopic (exact) mass is 308 g/mol. The number of rotatable bonds is 5. The summed E-state index contributed by atoms with van der Waals surface area (Å²) in [6, 6.07) is 12.4. The summed E-state index contributed by atoms with van der Waals surface area (Å²) >= 11 is 0. The molecule has 4 nitrogen and oxygen atoms in total. The molecule has 0 fully saturated rings. The van der Waals surface area contributed by atoms with Gasteiger partial charge in [-0.3, -0.25) is 0 Å². The summed E-state index contributed by atoms with van der Waals surface area (Å²) in [6.45, 7) is 2.04. The lowest BCUT2D eigenvalue weighted by Crippen LogP contribution is -2.31. The summed E-state index contributed by atoms with van der Waals surface area (Å²) in [4.78, 5) is -0.318. The number of nitrogens with zero attached hydrogens (tertiary/aromatic N) is 1. The van der Waals surface area contributed by atoms with E-state index in [1.807, 2.05) is 0 Å². The Labute approximate surface area is 124 Å². The van der Waals surface area contributed by atoms with Crippen molar-refractivity contribution in [3.63, 3.8) is 0 Å². The summed E-state index contributed by atoms with van der Waals surface area (Å²) in [7, 11) is -3.89. The van der Waals surface area contributed by atoms with Crippen LogP contribution in [-0.2, 0) is 16.6 Å². The highest BCUT2D eigenvalue weighted by molar-refractivity contribution is 7.89. The lowest BCUT2D eigenvalue weighted by atomic mass is 10.2. The Hall–Kier alpha value is -1.92. The highest BCUT2D eigenvalue weighted by Crippen LogP contribution is 2.22. The van der Waals surface area contributed by atoms with Gasteiger partial charge >= 0.3 is 0 Å². The maximum Gasteiger partial charge on any atom is 0.246 e. The van der Waals surface area contributed by atoms with E-state index in [-0.39, 0.29) is 18.0 Å². The molecule has 0 aromatic heterocycles. The van der Waals surface area contributed by atoms with Gasteiger partial charge in [-0.15, -0.1) is 0 Å². The molecule has 0 atom stereocenters. The molecule has 0 radical (unpaired) electrons. The minimum absolute atomic E-state index is 0.111. The fourth-order valence-corrected chi connectivity index (χ4v) is 3.52. The number of anilines is 1. The SMILES string of the molecule is CCN(Cc1ccccc1N)S(=O)(=O)c1ccccc1F. The highest BCUT2D eigenvalue weighted by Gasteiger charge is 2.26. The zero-order chi connectivity index (χ0) is 15.5. The molecular weight excluding hydrogens is 291 g/mol. The third kappa shape index (κ3) is 3.22. The van der Waals surface area contributed by atoms with Crippen LogP contribution in [0.1, 0.15) is 12.5 Å². The molecule has 2 N–H and O–H groups in total. The average molecular weight is 308 g/mol. The second-order valence-electron chi connectivity index (χ2n) is 4.56. The molecule has 0 bridgehead atoms. The van der Waals surface area contributed by atoms with Gasteiger partial charge in [0, 0.05) is 18.8 Å². The Morgan fingerprint density at radius 2 is 1.71 bits per heavy atom. The van der Waals surface area contributed by atoms with Crippen LogP contribution in [-0.4, -0.2) is 19.3 Å². The molecule has 0 amide bonds. The third-order valence-corrected chi connectivity index (χ3v) is 5.16. The summed E-state index contributed by atoms with van der Waals surface area (Å²) in [5.41, 5.74) is 7.05. The van der Waals surface area contributed by atoms with Crippen molar-refractivity contribution >= 4 is 15.7 Å². The summed E-state index contributed by atoms with van der Waals surface area (Å²) in [5.74, 6) is -0.753. The Kier molecular flexibility index (Phi) is 4.59. The van der Waals surface area contributed by atoms with Gasteiger partial charge in [0.05, 0.1) is 0 Å². The van der Waals surface area contributed by atoms with E-state index >= 15 is 0 Å². The lowest BCUT2D eigenvalue weighted by Gasteiger charge is -2.21. The second-order valence-corrected chi connectivity index (χ2v) is 6.47. The number of benzene rings is 2. The van der Waals surface area contributed by atoms with Gasteiger partial charge in [0.1, 0.15) is 10.7 Å². The molecule has 0 aliphatic heterocycles. The van der Waals surface area contributed by atoms with Crippen molar-refractivity contribution in [3.05, 3.63) is 59.9 Å². The minimum Gasteiger partial charge on any atom is -0.398 e. The van der Waals surface area contributed by atoms with Crippen molar-refractivity contribution in [1.82, 2.24) is 4.31 Å². The number of hydrogen-bond acceptors (Lipinski definition) is 3. The van der Waals surface area contributed by atoms with Crippen molar-refractivity contribution in [2.45, 2.75) is 18.4 Å². The van der Waals surface area contributed by atoms with E-state index < -0.39 is 15.8 Å². The average Bonchev–Trinajstić information content (AvgIpc) is 2.46. The standard InChI is InChI=1S/C15H17FN2O2S/c1-2-18(11-12-7-3-5-9-14(12)17)21(19,20)15-10-6-4-8-13(15)16/h3-10H,2,11,17H2,1H3. The van der Waals surface area contributed by atoms with Gasteiger partial charge in [-0.25, -0.2) is 12.8 Å². The van der Waals surface area contributed by atoms with Gasteiger partial charge in [0.25, 0.3) is 0 Å². The third-order valence-electron chi connectivity index (χ3n) is 3.21. The summed E-state index contributed by atoms with van der Waals surface area (Å²) in [6.07, 6.45) is 0. The van der Waals surface area contributed by atoms with Crippen LogP contribution in [0, 0.1) is 5.82 Å². The normalized spacial score (nSPS) is 11.8. The van der Waals surface area contributed by atoms with Crippen LogP contribution >= 0.6 is 0 Å². The summed E-state index contributed by atoms with van der Waals surface area (Å²) in [5, 5.41) is 0. The fraction of sp³-hybridized carbons (Fsp3) is 0.200. The van der Waals surface area contributed by atoms with Crippen LogP contribution in [0.2, 0.25) is 0 Å². The Bertz CT molecular complexity index is 732. The van der Waals surface area contributed by atoms with Crippen molar-refractivity contribution in [2.24, 2.45) is 0 Å². The van der Waals surface area contributed by atoms with E-state index in [1.165, 1.54) is 22.5 Å². The Morgan fingerprint density at radius 1 is 1.10 bits per heavy atom. The molecule has 21 heavy (non-hydrogen) atoms. The molecule has 2 rings (SSSR count). The molecule has 0 aliphatic rings. The topological polar surface area (TPSA) is 63.4 Å². The Morgan fingerprint density at radius 3 is 2.33 bits per heavy atom. The van der Waals surface area contributed by atoms with E-state index in [0.717, 1.165) is 6.07 Å². The van der Waals surface area contributed by atoms with Crippen molar-refractivity contribution in [1.29, 1.82) is 0 Å². The molecule has 0 heterocycles. The molecule has 0 spiro atoms. The first-order valence-electron chi connectivity index (χ1n) is 6.55. The van der Waals surface area contributed by atoms with Gasteiger partial charge in [0.15, 0.2) is 0 Å². The van der Waals surface area contributed by atoms with Gasteiger partial charge in [-0.1, -0.05) is 37.3 Å². The number of sulfonamides is 1. The lowest BCUT2D eigenvalue weighted by molar-refractivity contribution is 0.420. The van der Waals surface area contributed by atoms with E-state index in [9.17, 15) is 12.8 Å². The maximum atomic E-state index is 13.8. The maximum absolute atomic E-state index is 13.8. The molecule has 2 aromatic carbocycles. The van der Waals surface area contributed by atoms with Crippen LogP contribution in [0.15, 0.2) is 53.4 Å². The molecular formula is C15H17FN2O2S. The van der Waals surface area contributed by atoms with Crippen LogP contribution < -0.4 is 5.73 Å². The molecule has 112 valence electrons. The van der Waals surface area contributed by atoms with Gasteiger partial charge in [-0.2, -0.15) is 4.31 Å². The number of halogens is 1. The second kappa shape index (κ2) is 6.24. The predicted octanol–water partition coefficient (Wildman–Crippen LogP) is 2.62. The first-order chi connectivity index (χ1) is 9.96. The van der Waals surface area contributed by atoms with Gasteiger partial charge < -0.3 is 5.73 Å². The predicted molar refractivity (Wildman–Crippen MR) is 80.5 cm³/mol. The van der Waals surface area contributed by atoms with Crippen molar-refractivity contribution < 1.29 is 12.8 Å². The zero-order valence-corrected chi connectivity index (χ0v) is 12.5. The minimum atomic E-state index is -3.89.